The van der Waals surface area contributed by atoms with Gasteiger partial charge in [0.1, 0.15) is 0 Å². The molecular formula is C12H20N2O3. The predicted octanol–water partition coefficient (Wildman–Crippen LogP) is 0.291. The second kappa shape index (κ2) is 5.14. The highest BCUT2D eigenvalue weighted by molar-refractivity contribution is 6.05. The van der Waals surface area contributed by atoms with E-state index in [-0.39, 0.29) is 17.9 Å². The van der Waals surface area contributed by atoms with Gasteiger partial charge in [-0.15, -0.1) is 0 Å². The van der Waals surface area contributed by atoms with Gasteiger partial charge in [-0.25, -0.2) is 0 Å². The molecule has 1 heterocycles. The molecule has 5 heteroatoms. The second-order valence-corrected chi connectivity index (χ2v) is 4.83. The van der Waals surface area contributed by atoms with Crippen molar-refractivity contribution in [1.82, 2.24) is 10.2 Å². The fourth-order valence-electron chi connectivity index (χ4n) is 2.45. The molecule has 0 aromatic rings. The van der Waals surface area contributed by atoms with E-state index in [9.17, 15) is 9.59 Å². The van der Waals surface area contributed by atoms with E-state index < -0.39 is 0 Å². The minimum absolute atomic E-state index is 0.0445. The number of rotatable bonds is 5. The summed E-state index contributed by atoms with van der Waals surface area (Å²) in [6, 6.07) is 0.0140. The SMILES string of the molecule is CCCN1C(=O)CC(NC2CC(OC)C2)C1=O. The zero-order valence-corrected chi connectivity index (χ0v) is 10.4. The molecule has 1 N–H and O–H groups in total. The molecular weight excluding hydrogens is 220 g/mol. The number of ether oxygens (including phenoxy) is 1. The third-order valence-electron chi connectivity index (χ3n) is 3.56. The molecule has 2 rings (SSSR count). The molecule has 1 unspecified atom stereocenters. The molecule has 0 bridgehead atoms. The van der Waals surface area contributed by atoms with E-state index in [0.717, 1.165) is 19.3 Å². The molecule has 1 aliphatic heterocycles. The molecule has 1 saturated heterocycles. The quantitative estimate of drug-likeness (QED) is 0.702. The number of imide groups is 1. The van der Waals surface area contributed by atoms with Crippen LogP contribution in [0.2, 0.25) is 0 Å². The Bertz CT molecular complexity index is 313. The lowest BCUT2D eigenvalue weighted by Gasteiger charge is -2.36. The minimum atomic E-state index is -0.308. The number of likely N-dealkylation sites (tertiary alicyclic amines) is 1. The van der Waals surface area contributed by atoms with Crippen molar-refractivity contribution in [2.45, 2.75) is 50.8 Å². The Labute approximate surface area is 101 Å². The van der Waals surface area contributed by atoms with E-state index in [2.05, 4.69) is 5.32 Å². The van der Waals surface area contributed by atoms with Gasteiger partial charge in [-0.05, 0) is 19.3 Å². The summed E-state index contributed by atoms with van der Waals surface area (Å²) in [4.78, 5) is 25.0. The molecule has 1 saturated carbocycles. The van der Waals surface area contributed by atoms with Crippen LogP contribution >= 0.6 is 0 Å². The normalized spacial score (nSPS) is 33.1. The van der Waals surface area contributed by atoms with E-state index in [0.29, 0.717) is 25.1 Å². The van der Waals surface area contributed by atoms with Crippen LogP contribution in [0.15, 0.2) is 0 Å². The van der Waals surface area contributed by atoms with Crippen LogP contribution in [0.5, 0.6) is 0 Å². The Morgan fingerprint density at radius 3 is 2.71 bits per heavy atom. The first-order valence-electron chi connectivity index (χ1n) is 6.28. The van der Waals surface area contributed by atoms with Gasteiger partial charge in [0, 0.05) is 19.7 Å². The van der Waals surface area contributed by atoms with Gasteiger partial charge < -0.3 is 10.1 Å². The number of hydrogen-bond donors (Lipinski definition) is 1. The van der Waals surface area contributed by atoms with E-state index in [1.807, 2.05) is 6.92 Å². The highest BCUT2D eigenvalue weighted by atomic mass is 16.5. The lowest BCUT2D eigenvalue weighted by Crippen LogP contribution is -2.51. The molecule has 2 fully saturated rings. The minimum Gasteiger partial charge on any atom is -0.381 e. The number of carbonyl (C=O) groups is 2. The molecule has 2 amide bonds. The first kappa shape index (κ1) is 12.5. The lowest BCUT2D eigenvalue weighted by atomic mass is 9.88. The van der Waals surface area contributed by atoms with Crippen LogP contribution in [-0.2, 0) is 14.3 Å². The number of hydrogen-bond acceptors (Lipinski definition) is 4. The predicted molar refractivity (Wildman–Crippen MR) is 62.4 cm³/mol. The van der Waals surface area contributed by atoms with Crippen molar-refractivity contribution in [3.8, 4) is 0 Å². The number of carbonyl (C=O) groups excluding carboxylic acids is 2. The maximum atomic E-state index is 11.9. The fraction of sp³-hybridized carbons (Fsp3) is 0.833. The van der Waals surface area contributed by atoms with E-state index in [4.69, 9.17) is 4.74 Å². The van der Waals surface area contributed by atoms with Crippen LogP contribution in [0.1, 0.15) is 32.6 Å². The van der Waals surface area contributed by atoms with Crippen molar-refractivity contribution in [2.75, 3.05) is 13.7 Å². The van der Waals surface area contributed by atoms with Gasteiger partial charge >= 0.3 is 0 Å². The Morgan fingerprint density at radius 1 is 1.41 bits per heavy atom. The number of nitrogens with one attached hydrogen (secondary N) is 1. The van der Waals surface area contributed by atoms with Crippen LogP contribution in [0.4, 0.5) is 0 Å². The summed E-state index contributed by atoms with van der Waals surface area (Å²) >= 11 is 0. The highest BCUT2D eigenvalue weighted by Crippen LogP contribution is 2.25. The van der Waals surface area contributed by atoms with Gasteiger partial charge in [0.05, 0.1) is 18.6 Å². The summed E-state index contributed by atoms with van der Waals surface area (Å²) in [5.41, 5.74) is 0. The number of methoxy groups -OCH3 is 1. The van der Waals surface area contributed by atoms with E-state index >= 15 is 0 Å². The van der Waals surface area contributed by atoms with E-state index in [1.54, 1.807) is 7.11 Å². The summed E-state index contributed by atoms with van der Waals surface area (Å²) in [7, 11) is 1.70. The van der Waals surface area contributed by atoms with Crippen LogP contribution in [0.25, 0.3) is 0 Å². The Kier molecular flexibility index (Phi) is 3.79. The van der Waals surface area contributed by atoms with E-state index in [1.165, 1.54) is 4.90 Å². The van der Waals surface area contributed by atoms with Gasteiger partial charge in [0.15, 0.2) is 0 Å². The molecule has 0 spiro atoms. The third-order valence-corrected chi connectivity index (χ3v) is 3.56. The molecule has 0 radical (unpaired) electrons. The van der Waals surface area contributed by atoms with Crippen molar-refractivity contribution in [1.29, 1.82) is 0 Å². The largest absolute Gasteiger partial charge is 0.381 e. The monoisotopic (exact) mass is 240 g/mol. The van der Waals surface area contributed by atoms with Crippen molar-refractivity contribution < 1.29 is 14.3 Å². The molecule has 1 atom stereocenters. The standard InChI is InChI=1S/C12H20N2O3/c1-3-4-14-11(15)7-10(12(14)16)13-8-5-9(6-8)17-2/h8-10,13H,3-7H2,1-2H3. The highest BCUT2D eigenvalue weighted by Gasteiger charge is 2.41. The maximum Gasteiger partial charge on any atom is 0.246 e. The molecule has 5 nitrogen and oxygen atoms in total. The average Bonchev–Trinajstić information content (AvgIpc) is 2.51. The first-order valence-corrected chi connectivity index (χ1v) is 6.28. The van der Waals surface area contributed by atoms with Crippen LogP contribution in [-0.4, -0.2) is 48.6 Å². The summed E-state index contributed by atoms with van der Waals surface area (Å²) in [6.45, 7) is 2.51. The molecule has 2 aliphatic rings. The lowest BCUT2D eigenvalue weighted by molar-refractivity contribution is -0.139. The van der Waals surface area contributed by atoms with Crippen LogP contribution in [0, 0.1) is 0 Å². The Balaban J connectivity index is 1.83. The second-order valence-electron chi connectivity index (χ2n) is 4.83. The number of nitrogens with zero attached hydrogens (tertiary/aromatic N) is 1. The topological polar surface area (TPSA) is 58.6 Å². The Morgan fingerprint density at radius 2 is 2.12 bits per heavy atom. The maximum absolute atomic E-state index is 11.9. The van der Waals surface area contributed by atoms with Gasteiger partial charge in [0.25, 0.3) is 0 Å². The molecule has 96 valence electrons. The van der Waals surface area contributed by atoms with Crippen molar-refractivity contribution in [2.24, 2.45) is 0 Å². The van der Waals surface area contributed by atoms with Crippen molar-refractivity contribution >= 4 is 11.8 Å². The van der Waals surface area contributed by atoms with Crippen LogP contribution < -0.4 is 5.32 Å². The summed E-state index contributed by atoms with van der Waals surface area (Å²) < 4.78 is 5.19. The van der Waals surface area contributed by atoms with Gasteiger partial charge in [-0.1, -0.05) is 6.92 Å². The molecule has 1 aliphatic carbocycles. The van der Waals surface area contributed by atoms with Gasteiger partial charge in [0.2, 0.25) is 11.8 Å². The van der Waals surface area contributed by atoms with Gasteiger partial charge in [-0.3, -0.25) is 14.5 Å². The summed E-state index contributed by atoms with van der Waals surface area (Å²) in [5.74, 6) is -0.102. The zero-order chi connectivity index (χ0) is 12.4. The van der Waals surface area contributed by atoms with Crippen LogP contribution in [0.3, 0.4) is 0 Å². The van der Waals surface area contributed by atoms with Crippen molar-refractivity contribution in [3.63, 3.8) is 0 Å². The van der Waals surface area contributed by atoms with Crippen molar-refractivity contribution in [3.05, 3.63) is 0 Å². The van der Waals surface area contributed by atoms with Gasteiger partial charge in [-0.2, -0.15) is 0 Å². The molecule has 0 aromatic carbocycles. The molecule has 0 aromatic heterocycles. The zero-order valence-electron chi connectivity index (χ0n) is 10.4. The summed E-state index contributed by atoms with van der Waals surface area (Å²) in [6.07, 6.45) is 3.31. The Hall–Kier alpha value is -0.940. The average molecular weight is 240 g/mol. The summed E-state index contributed by atoms with van der Waals surface area (Å²) in [5, 5.41) is 3.26. The number of amides is 2. The first-order chi connectivity index (χ1) is 8.15. The fourth-order valence-corrected chi connectivity index (χ4v) is 2.45. The smallest absolute Gasteiger partial charge is 0.246 e. The third kappa shape index (κ3) is 2.50. The molecule has 17 heavy (non-hydrogen) atoms.